The van der Waals surface area contributed by atoms with Crippen LogP contribution in [0.25, 0.3) is 0 Å². The first-order chi connectivity index (χ1) is 17.2. The Kier molecular flexibility index (Phi) is 12.4. The molecule has 0 heterocycles. The first kappa shape index (κ1) is 31.1. The largest absolute Gasteiger partial charge is 2.00 e. The fourth-order valence-electron chi connectivity index (χ4n) is 3.91. The molecule has 0 bridgehead atoms. The molecule has 37 heavy (non-hydrogen) atoms. The Morgan fingerprint density at radius 3 is 0.811 bits per heavy atom. The van der Waals surface area contributed by atoms with E-state index in [9.17, 15) is 0 Å². The molecule has 7 heteroatoms. The first-order valence-electron chi connectivity index (χ1n) is 11.5. The van der Waals surface area contributed by atoms with Gasteiger partial charge in [0.1, 0.15) is 0 Å². The van der Waals surface area contributed by atoms with Gasteiger partial charge >= 0.3 is 23.1 Å². The molecule has 0 saturated carbocycles. The minimum atomic E-state index is 0. The molecule has 0 amide bonds. The maximum Gasteiger partial charge on any atom is 2.00 e. The van der Waals surface area contributed by atoms with E-state index < -0.39 is 0 Å². The molecular formula is C30H28MgN2S4. The predicted molar refractivity (Wildman–Crippen MR) is 175 cm³/mol. The van der Waals surface area contributed by atoms with Gasteiger partial charge in [0.25, 0.3) is 0 Å². The second-order valence-corrected chi connectivity index (χ2v) is 10.4. The zero-order chi connectivity index (χ0) is 26.2. The Morgan fingerprint density at radius 2 is 0.649 bits per heavy atom. The van der Waals surface area contributed by atoms with Gasteiger partial charge in [0, 0.05) is 22.7 Å². The van der Waals surface area contributed by atoms with Gasteiger partial charge in [-0.2, -0.15) is 0 Å². The van der Waals surface area contributed by atoms with Crippen LogP contribution in [0.5, 0.6) is 0 Å². The van der Waals surface area contributed by atoms with Gasteiger partial charge in [0.2, 0.25) is 0 Å². The molecule has 0 aromatic heterocycles. The van der Waals surface area contributed by atoms with Crippen LogP contribution < -0.4 is 9.80 Å². The fraction of sp³-hybridized carbons (Fsp3) is 0.133. The number of nitrogens with zero attached hydrogens (tertiary/aromatic N) is 2. The van der Waals surface area contributed by atoms with Gasteiger partial charge < -0.3 is 59.5 Å². The Labute approximate surface area is 259 Å². The van der Waals surface area contributed by atoms with Crippen molar-refractivity contribution in [2.24, 2.45) is 0 Å². The molecule has 4 aromatic rings. The van der Waals surface area contributed by atoms with E-state index in [1.54, 1.807) is 0 Å². The van der Waals surface area contributed by atoms with E-state index in [0.29, 0.717) is 8.64 Å². The number of hydrogen-bond donors (Lipinski definition) is 0. The Hall–Kier alpha value is -2.13. The molecule has 184 valence electrons. The van der Waals surface area contributed by atoms with Crippen LogP contribution in [-0.4, -0.2) is 31.7 Å². The minimum Gasteiger partial charge on any atom is -0.411 e. The minimum absolute atomic E-state index is 0. The fourth-order valence-corrected chi connectivity index (χ4v) is 4.70. The normalized spacial score (nSPS) is 9.84. The van der Waals surface area contributed by atoms with Gasteiger partial charge in [0.15, 0.2) is 0 Å². The van der Waals surface area contributed by atoms with Crippen LogP contribution in [0.1, 0.15) is 22.3 Å². The van der Waals surface area contributed by atoms with Crippen LogP contribution >= 0.6 is 24.4 Å². The summed E-state index contributed by atoms with van der Waals surface area (Å²) in [7, 11) is 0. The standard InChI is InChI=1S/2C15H15NS2.Mg/c2*1-11-7-3-5-9-13(11)16(15(17)18)14-10-6-4-8-12(14)2;/h2*3-10H,1-2H3,(H,17,18);/q;;+2/p-2. The van der Waals surface area contributed by atoms with Crippen molar-refractivity contribution in [1.82, 2.24) is 0 Å². The van der Waals surface area contributed by atoms with Crippen molar-refractivity contribution in [3.63, 3.8) is 0 Å². The maximum atomic E-state index is 5.24. The zero-order valence-electron chi connectivity index (χ0n) is 21.5. The summed E-state index contributed by atoms with van der Waals surface area (Å²) in [4.78, 5) is 3.91. The molecule has 0 N–H and O–H groups in total. The molecule has 4 rings (SSSR count). The molecule has 4 aromatic carbocycles. The number of hydrogen-bond acceptors (Lipinski definition) is 4. The average molecular weight is 569 g/mol. The first-order valence-corrected chi connectivity index (χ1v) is 13.1. The van der Waals surface area contributed by atoms with Gasteiger partial charge in [-0.05, 0) is 74.2 Å². The van der Waals surface area contributed by atoms with Crippen molar-refractivity contribution in [2.75, 3.05) is 9.80 Å². The van der Waals surface area contributed by atoms with Crippen molar-refractivity contribution in [3.05, 3.63) is 119 Å². The molecule has 0 spiro atoms. The topological polar surface area (TPSA) is 6.48 Å². The van der Waals surface area contributed by atoms with Crippen molar-refractivity contribution in [1.29, 1.82) is 0 Å². The second kappa shape index (κ2) is 14.7. The Bertz CT molecular complexity index is 1180. The monoisotopic (exact) mass is 568 g/mol. The molecule has 0 radical (unpaired) electrons. The van der Waals surface area contributed by atoms with Crippen molar-refractivity contribution in [2.45, 2.75) is 27.7 Å². The SMILES string of the molecule is Cc1ccccc1N(C(=S)[S-])c1ccccc1C.Cc1ccccc1N(C(=S)[S-])c1ccccc1C.[Mg+2]. The number of benzene rings is 4. The zero-order valence-corrected chi connectivity index (χ0v) is 26.2. The summed E-state index contributed by atoms with van der Waals surface area (Å²) in [6.45, 7) is 8.25. The van der Waals surface area contributed by atoms with Crippen molar-refractivity contribution >= 4 is 104 Å². The Balaban J connectivity index is 0.000000253. The van der Waals surface area contributed by atoms with E-state index in [-0.39, 0.29) is 23.1 Å². The van der Waals surface area contributed by atoms with Gasteiger partial charge in [-0.1, -0.05) is 81.4 Å². The summed E-state index contributed by atoms with van der Waals surface area (Å²) in [5.41, 5.74) is 8.83. The molecule has 2 nitrogen and oxygen atoms in total. The maximum absolute atomic E-state index is 5.24. The molecule has 0 atom stereocenters. The van der Waals surface area contributed by atoms with E-state index >= 15 is 0 Å². The predicted octanol–water partition coefficient (Wildman–Crippen LogP) is 8.17. The summed E-state index contributed by atoms with van der Waals surface area (Å²) in [6.07, 6.45) is 0. The van der Waals surface area contributed by atoms with Crippen LogP contribution in [0.4, 0.5) is 22.7 Å². The summed E-state index contributed by atoms with van der Waals surface area (Å²) in [5.74, 6) is 0. The van der Waals surface area contributed by atoms with E-state index in [2.05, 4.69) is 52.0 Å². The molecular weight excluding hydrogens is 541 g/mol. The van der Waals surface area contributed by atoms with E-state index in [4.69, 9.17) is 49.7 Å². The van der Waals surface area contributed by atoms with Crippen LogP contribution in [-0.2, 0) is 25.3 Å². The van der Waals surface area contributed by atoms with E-state index in [0.717, 1.165) is 45.0 Å². The third-order valence-corrected chi connectivity index (χ3v) is 6.52. The third-order valence-electron chi connectivity index (χ3n) is 5.79. The molecule has 0 aliphatic rings. The number of rotatable bonds is 4. The number of thiocarbonyl (C=S) groups is 2. The number of anilines is 4. The van der Waals surface area contributed by atoms with Gasteiger partial charge in [-0.25, -0.2) is 0 Å². The van der Waals surface area contributed by atoms with Crippen LogP contribution in [0.3, 0.4) is 0 Å². The summed E-state index contributed by atoms with van der Waals surface area (Å²) < 4.78 is 0.886. The molecule has 0 fully saturated rings. The third kappa shape index (κ3) is 7.93. The van der Waals surface area contributed by atoms with Crippen LogP contribution in [0.2, 0.25) is 0 Å². The smallest absolute Gasteiger partial charge is 0.411 e. The average Bonchev–Trinajstić information content (AvgIpc) is 2.84. The van der Waals surface area contributed by atoms with E-state index in [1.807, 2.05) is 82.6 Å². The molecule has 0 unspecified atom stereocenters. The summed E-state index contributed by atoms with van der Waals surface area (Å²) >= 11 is 21.0. The van der Waals surface area contributed by atoms with Gasteiger partial charge in [0.05, 0.1) is 0 Å². The molecule has 0 aliphatic carbocycles. The van der Waals surface area contributed by atoms with Crippen LogP contribution in [0, 0.1) is 27.7 Å². The number of para-hydroxylation sites is 4. The van der Waals surface area contributed by atoms with Gasteiger partial charge in [-0.15, -0.1) is 0 Å². The summed E-state index contributed by atoms with van der Waals surface area (Å²) in [5, 5.41) is 0. The quantitative estimate of drug-likeness (QED) is 0.138. The van der Waals surface area contributed by atoms with Crippen molar-refractivity contribution in [3.8, 4) is 0 Å². The van der Waals surface area contributed by atoms with Crippen molar-refractivity contribution < 1.29 is 0 Å². The summed E-state index contributed by atoms with van der Waals surface area (Å²) in [6, 6.07) is 32.5. The van der Waals surface area contributed by atoms with Gasteiger partial charge in [-0.3, -0.25) is 0 Å². The molecule has 0 aliphatic heterocycles. The number of aryl methyl sites for hydroxylation is 4. The Morgan fingerprint density at radius 1 is 0.459 bits per heavy atom. The van der Waals surface area contributed by atoms with Crippen LogP contribution in [0.15, 0.2) is 97.1 Å². The second-order valence-electron chi connectivity index (χ2n) is 8.35. The van der Waals surface area contributed by atoms with E-state index in [1.165, 1.54) is 0 Å². The molecule has 0 saturated heterocycles.